The van der Waals surface area contributed by atoms with E-state index in [1.807, 2.05) is 12.1 Å². The number of nitrogens with one attached hydrogen (secondary N) is 2. The third kappa shape index (κ3) is 4.76. The number of fused-ring (bicyclic) bond motifs is 1. The molecular formula is C23H23ClN4O3S. The summed E-state index contributed by atoms with van der Waals surface area (Å²) in [4.78, 5) is 21.1. The maximum absolute atomic E-state index is 12.2. The van der Waals surface area contributed by atoms with Gasteiger partial charge < -0.3 is 10.6 Å². The fraction of sp³-hybridized carbons (Fsp3) is 0.261. The van der Waals surface area contributed by atoms with Crippen LogP contribution in [0.4, 0.5) is 11.6 Å². The van der Waals surface area contributed by atoms with Crippen molar-refractivity contribution in [2.75, 3.05) is 18.1 Å². The Kier molecular flexibility index (Phi) is 5.68. The van der Waals surface area contributed by atoms with Gasteiger partial charge in [-0.15, -0.1) is 0 Å². The number of benzene rings is 2. The van der Waals surface area contributed by atoms with Gasteiger partial charge in [0.05, 0.1) is 22.7 Å². The van der Waals surface area contributed by atoms with Crippen LogP contribution >= 0.6 is 11.6 Å². The number of carbonyl (C=O) groups excluding carboxylic acids is 1. The van der Waals surface area contributed by atoms with Gasteiger partial charge in [0.25, 0.3) is 5.91 Å². The average molecular weight is 471 g/mol. The first kappa shape index (κ1) is 22.2. The van der Waals surface area contributed by atoms with E-state index in [-0.39, 0.29) is 17.1 Å². The summed E-state index contributed by atoms with van der Waals surface area (Å²) < 4.78 is 22.9. The molecule has 1 aromatic heterocycles. The van der Waals surface area contributed by atoms with Crippen molar-refractivity contribution in [1.82, 2.24) is 15.3 Å². The van der Waals surface area contributed by atoms with E-state index in [1.54, 1.807) is 30.3 Å². The summed E-state index contributed by atoms with van der Waals surface area (Å²) in [5.41, 5.74) is 4.17. The molecule has 0 aliphatic carbocycles. The van der Waals surface area contributed by atoms with Gasteiger partial charge in [0.15, 0.2) is 9.84 Å². The van der Waals surface area contributed by atoms with Crippen molar-refractivity contribution in [2.24, 2.45) is 0 Å². The number of aromatic nitrogens is 2. The fourth-order valence-electron chi connectivity index (χ4n) is 3.69. The second-order valence-electron chi connectivity index (χ2n) is 8.61. The number of halogens is 1. The lowest BCUT2D eigenvalue weighted by molar-refractivity contribution is 0.0930. The third-order valence-electron chi connectivity index (χ3n) is 5.34. The van der Waals surface area contributed by atoms with Crippen LogP contribution in [0.25, 0.3) is 11.3 Å². The first-order valence-electron chi connectivity index (χ1n) is 10.0. The lowest BCUT2D eigenvalue weighted by Crippen LogP contribution is -2.43. The minimum Gasteiger partial charge on any atom is -0.351 e. The van der Waals surface area contributed by atoms with Crippen LogP contribution < -0.4 is 10.6 Å². The Morgan fingerprint density at radius 3 is 2.56 bits per heavy atom. The van der Waals surface area contributed by atoms with Crippen molar-refractivity contribution in [3.05, 3.63) is 70.4 Å². The van der Waals surface area contributed by atoms with Gasteiger partial charge in [-0.05, 0) is 35.4 Å². The van der Waals surface area contributed by atoms with E-state index in [4.69, 9.17) is 11.6 Å². The third-order valence-corrected chi connectivity index (χ3v) is 6.47. The molecule has 0 atom stereocenters. The van der Waals surface area contributed by atoms with E-state index in [0.29, 0.717) is 34.3 Å². The second kappa shape index (κ2) is 8.18. The van der Waals surface area contributed by atoms with Crippen molar-refractivity contribution in [2.45, 2.75) is 25.0 Å². The molecule has 4 rings (SSSR count). The molecule has 2 heterocycles. The number of nitrogens with zero attached hydrogens (tertiary/aromatic N) is 2. The van der Waals surface area contributed by atoms with Gasteiger partial charge in [-0.1, -0.05) is 43.6 Å². The van der Waals surface area contributed by atoms with Crippen molar-refractivity contribution >= 4 is 39.0 Å². The molecule has 1 amide bonds. The molecule has 166 valence electrons. The fourth-order valence-corrected chi connectivity index (χ4v) is 4.69. The van der Waals surface area contributed by atoms with Crippen LogP contribution in [0.5, 0.6) is 0 Å². The highest BCUT2D eigenvalue weighted by Gasteiger charge is 2.31. The molecule has 1 aliphatic rings. The monoisotopic (exact) mass is 470 g/mol. The molecule has 3 aromatic rings. The van der Waals surface area contributed by atoms with Gasteiger partial charge in [0, 0.05) is 35.0 Å². The molecule has 0 saturated heterocycles. The molecule has 0 saturated carbocycles. The minimum atomic E-state index is -3.09. The Morgan fingerprint density at radius 1 is 1.16 bits per heavy atom. The molecule has 0 spiro atoms. The van der Waals surface area contributed by atoms with Gasteiger partial charge in [-0.2, -0.15) is 0 Å². The summed E-state index contributed by atoms with van der Waals surface area (Å²) in [6.07, 6.45) is 2.73. The number of sulfone groups is 1. The highest BCUT2D eigenvalue weighted by molar-refractivity contribution is 7.89. The Bertz CT molecular complexity index is 1310. The van der Waals surface area contributed by atoms with Crippen LogP contribution in [-0.2, 0) is 21.0 Å². The second-order valence-corrected chi connectivity index (χ2v) is 11.2. The van der Waals surface area contributed by atoms with E-state index in [2.05, 4.69) is 34.4 Å². The van der Waals surface area contributed by atoms with E-state index in [9.17, 15) is 13.2 Å². The zero-order valence-corrected chi connectivity index (χ0v) is 19.5. The summed E-state index contributed by atoms with van der Waals surface area (Å²) in [5.74, 6) is 0.262. The zero-order chi connectivity index (χ0) is 23.1. The molecule has 32 heavy (non-hydrogen) atoms. The normalized spacial score (nSPS) is 15.1. The van der Waals surface area contributed by atoms with Crippen LogP contribution in [-0.4, -0.2) is 37.1 Å². The lowest BCUT2D eigenvalue weighted by Gasteiger charge is -2.32. The number of anilines is 2. The molecule has 2 N–H and O–H groups in total. The van der Waals surface area contributed by atoms with Crippen molar-refractivity contribution < 1.29 is 13.2 Å². The van der Waals surface area contributed by atoms with Crippen LogP contribution in [0.1, 0.15) is 35.3 Å². The lowest BCUT2D eigenvalue weighted by atomic mass is 9.78. The largest absolute Gasteiger partial charge is 0.351 e. The molecule has 2 aromatic carbocycles. The maximum atomic E-state index is 12.2. The predicted molar refractivity (Wildman–Crippen MR) is 126 cm³/mol. The quantitative estimate of drug-likeness (QED) is 0.582. The summed E-state index contributed by atoms with van der Waals surface area (Å²) in [6, 6.07) is 12.6. The highest BCUT2D eigenvalue weighted by Crippen LogP contribution is 2.35. The van der Waals surface area contributed by atoms with Crippen molar-refractivity contribution in [1.29, 1.82) is 0 Å². The standard InChI is InChI=1S/C23H23ClN4O3S/c1-23(2)13-26-21(29)17-9-6-15(10-18(17)23)20-19(24)11-25-22(28-20)27-16-7-4-14(5-8-16)12-32(3,30)31/h4-11H,12-13H2,1-3H3,(H,26,29)(H,25,27,28). The van der Waals surface area contributed by atoms with Gasteiger partial charge in [0.2, 0.25) is 5.95 Å². The summed E-state index contributed by atoms with van der Waals surface area (Å²) in [7, 11) is -3.09. The van der Waals surface area contributed by atoms with Crippen molar-refractivity contribution in [3.8, 4) is 11.3 Å². The zero-order valence-electron chi connectivity index (χ0n) is 17.9. The first-order chi connectivity index (χ1) is 15.0. The highest BCUT2D eigenvalue weighted by atomic mass is 35.5. The number of carbonyl (C=O) groups is 1. The Balaban J connectivity index is 1.63. The topological polar surface area (TPSA) is 101 Å². The molecule has 0 radical (unpaired) electrons. The van der Waals surface area contributed by atoms with Gasteiger partial charge in [0.1, 0.15) is 0 Å². The predicted octanol–water partition coefficient (Wildman–Crippen LogP) is 4.11. The number of hydrogen-bond acceptors (Lipinski definition) is 6. The molecule has 0 bridgehead atoms. The maximum Gasteiger partial charge on any atom is 0.251 e. The van der Waals surface area contributed by atoms with E-state index >= 15 is 0 Å². The number of rotatable bonds is 5. The van der Waals surface area contributed by atoms with E-state index in [0.717, 1.165) is 16.8 Å². The number of amides is 1. The first-order valence-corrected chi connectivity index (χ1v) is 12.4. The van der Waals surface area contributed by atoms with Crippen molar-refractivity contribution in [3.63, 3.8) is 0 Å². The van der Waals surface area contributed by atoms with Crippen LogP contribution in [0, 0.1) is 0 Å². The molecule has 7 nitrogen and oxygen atoms in total. The van der Waals surface area contributed by atoms with Crippen LogP contribution in [0.15, 0.2) is 48.7 Å². The molecule has 0 fully saturated rings. The molecule has 9 heteroatoms. The average Bonchev–Trinajstić information content (AvgIpc) is 2.73. The van der Waals surface area contributed by atoms with Crippen LogP contribution in [0.3, 0.4) is 0 Å². The summed E-state index contributed by atoms with van der Waals surface area (Å²) in [5, 5.41) is 6.44. The van der Waals surface area contributed by atoms with E-state index in [1.165, 1.54) is 12.5 Å². The Hall–Kier alpha value is -2.97. The molecule has 1 aliphatic heterocycles. The molecule has 0 unspecified atom stereocenters. The van der Waals surface area contributed by atoms with E-state index < -0.39 is 9.84 Å². The molecular weight excluding hydrogens is 448 g/mol. The Labute approximate surface area is 192 Å². The van der Waals surface area contributed by atoms with Gasteiger partial charge in [-0.25, -0.2) is 18.4 Å². The SMILES string of the molecule is CC1(C)CNC(=O)c2ccc(-c3nc(Nc4ccc(CS(C)(=O)=O)cc4)ncc3Cl)cc21. The van der Waals surface area contributed by atoms with Gasteiger partial charge in [-0.3, -0.25) is 4.79 Å². The smallest absolute Gasteiger partial charge is 0.251 e. The summed E-state index contributed by atoms with van der Waals surface area (Å²) >= 11 is 6.41. The Morgan fingerprint density at radius 2 is 1.88 bits per heavy atom. The van der Waals surface area contributed by atoms with Gasteiger partial charge >= 0.3 is 0 Å². The minimum absolute atomic E-state index is 0.0123. The number of hydrogen-bond donors (Lipinski definition) is 2. The van der Waals surface area contributed by atoms with Crippen LogP contribution in [0.2, 0.25) is 5.02 Å². The summed E-state index contributed by atoms with van der Waals surface area (Å²) in [6.45, 7) is 4.72.